The minimum absolute atomic E-state index is 0. The van der Waals surface area contributed by atoms with E-state index >= 15 is 0 Å². The average Bonchev–Trinajstić information content (AvgIpc) is 3.25. The van der Waals surface area contributed by atoms with Crippen LogP contribution in [-0.4, -0.2) is 46.2 Å². The van der Waals surface area contributed by atoms with E-state index in [9.17, 15) is 8.78 Å². The summed E-state index contributed by atoms with van der Waals surface area (Å²) >= 11 is 0. The van der Waals surface area contributed by atoms with Crippen molar-refractivity contribution >= 4 is 29.9 Å². The quantitative estimate of drug-likeness (QED) is 0.169. The van der Waals surface area contributed by atoms with Gasteiger partial charge in [0.1, 0.15) is 5.75 Å². The molecule has 10 heteroatoms. The third-order valence-electron chi connectivity index (χ3n) is 4.83. The van der Waals surface area contributed by atoms with Crippen molar-refractivity contribution in [3.8, 4) is 17.2 Å². The molecule has 182 valence electrons. The number of nitrogens with zero attached hydrogens (tertiary/aromatic N) is 1. The van der Waals surface area contributed by atoms with Crippen molar-refractivity contribution in [1.82, 2.24) is 10.6 Å². The Balaban J connectivity index is 0.00000385. The van der Waals surface area contributed by atoms with E-state index in [-0.39, 0.29) is 43.1 Å². The average molecular weight is 577 g/mol. The van der Waals surface area contributed by atoms with Gasteiger partial charge >= 0.3 is 6.61 Å². The Kier molecular flexibility index (Phi) is 12.0. The first-order valence-corrected chi connectivity index (χ1v) is 10.6. The van der Waals surface area contributed by atoms with Gasteiger partial charge in [-0.05, 0) is 30.9 Å². The predicted molar refractivity (Wildman–Crippen MR) is 133 cm³/mol. The molecule has 2 aromatic rings. The molecule has 7 nitrogen and oxygen atoms in total. The fourth-order valence-corrected chi connectivity index (χ4v) is 3.18. The maximum atomic E-state index is 12.8. The van der Waals surface area contributed by atoms with Gasteiger partial charge in [-0.15, -0.1) is 24.0 Å². The number of unbranched alkanes of at least 4 members (excludes halogenated alkanes) is 1. The van der Waals surface area contributed by atoms with Crippen LogP contribution in [0.2, 0.25) is 0 Å². The van der Waals surface area contributed by atoms with E-state index in [0.717, 1.165) is 19.3 Å². The smallest absolute Gasteiger partial charge is 0.387 e. The molecule has 0 bridgehead atoms. The molecular formula is C23H30F2IN3O4. The minimum atomic E-state index is -2.93. The van der Waals surface area contributed by atoms with Crippen LogP contribution in [0.15, 0.2) is 47.5 Å². The number of nitrogens with one attached hydrogen (secondary N) is 2. The van der Waals surface area contributed by atoms with E-state index in [1.807, 2.05) is 18.2 Å². The Morgan fingerprint density at radius 3 is 2.55 bits per heavy atom. The molecule has 0 aromatic heterocycles. The van der Waals surface area contributed by atoms with Crippen molar-refractivity contribution in [2.45, 2.75) is 32.4 Å². The summed E-state index contributed by atoms with van der Waals surface area (Å²) in [7, 11) is 1.65. The highest BCUT2D eigenvalue weighted by Gasteiger charge is 2.20. The van der Waals surface area contributed by atoms with Gasteiger partial charge in [-0.1, -0.05) is 30.3 Å². The second-order valence-corrected chi connectivity index (χ2v) is 7.10. The fourth-order valence-electron chi connectivity index (χ4n) is 3.18. The Labute approximate surface area is 209 Å². The molecule has 0 aliphatic carbocycles. The van der Waals surface area contributed by atoms with Crippen LogP contribution in [0.1, 0.15) is 24.0 Å². The van der Waals surface area contributed by atoms with Crippen molar-refractivity contribution in [3.63, 3.8) is 0 Å². The van der Waals surface area contributed by atoms with Gasteiger partial charge in [0, 0.05) is 38.4 Å². The van der Waals surface area contributed by atoms with Crippen molar-refractivity contribution in [1.29, 1.82) is 0 Å². The Morgan fingerprint density at radius 2 is 1.82 bits per heavy atom. The summed E-state index contributed by atoms with van der Waals surface area (Å²) in [6.07, 6.45) is 2.75. The van der Waals surface area contributed by atoms with Gasteiger partial charge in [0.25, 0.3) is 0 Å². The number of guanidine groups is 1. The Morgan fingerprint density at radius 1 is 1.06 bits per heavy atom. The molecule has 2 N–H and O–H groups in total. The zero-order valence-electron chi connectivity index (χ0n) is 18.5. The number of fused-ring (bicyclic) bond motifs is 1. The SMILES string of the molecule is CN=C(NCCCCOCCc1ccccc1)NCc1cc2c(cc1OC(F)F)OCO2.I. The summed E-state index contributed by atoms with van der Waals surface area (Å²) in [4.78, 5) is 4.17. The maximum Gasteiger partial charge on any atom is 0.387 e. The number of benzene rings is 2. The molecule has 0 unspecified atom stereocenters. The first kappa shape index (κ1) is 26.9. The lowest BCUT2D eigenvalue weighted by molar-refractivity contribution is -0.0505. The lowest BCUT2D eigenvalue weighted by Crippen LogP contribution is -2.37. The summed E-state index contributed by atoms with van der Waals surface area (Å²) in [5, 5.41) is 6.31. The highest BCUT2D eigenvalue weighted by Crippen LogP contribution is 2.38. The summed E-state index contributed by atoms with van der Waals surface area (Å²) in [6, 6.07) is 13.3. The summed E-state index contributed by atoms with van der Waals surface area (Å²) in [5.74, 6) is 1.49. The van der Waals surface area contributed by atoms with E-state index in [1.165, 1.54) is 11.6 Å². The Bertz CT molecular complexity index is 872. The van der Waals surface area contributed by atoms with Gasteiger partial charge < -0.3 is 29.6 Å². The lowest BCUT2D eigenvalue weighted by atomic mass is 10.1. The normalized spacial score (nSPS) is 12.4. The predicted octanol–water partition coefficient (Wildman–Crippen LogP) is 4.34. The second kappa shape index (κ2) is 14.7. The first-order valence-electron chi connectivity index (χ1n) is 10.6. The molecule has 0 amide bonds. The molecule has 2 aromatic carbocycles. The summed E-state index contributed by atoms with van der Waals surface area (Å²) in [6.45, 7) is -0.517. The fraction of sp³-hybridized carbons (Fsp3) is 0.435. The van der Waals surface area contributed by atoms with Gasteiger partial charge in [-0.2, -0.15) is 8.78 Å². The monoisotopic (exact) mass is 577 g/mol. The molecule has 0 atom stereocenters. The molecule has 0 spiro atoms. The molecule has 1 aliphatic rings. The van der Waals surface area contributed by atoms with Crippen LogP contribution in [0.25, 0.3) is 0 Å². The highest BCUT2D eigenvalue weighted by molar-refractivity contribution is 14.0. The van der Waals surface area contributed by atoms with Crippen molar-refractivity contribution in [2.24, 2.45) is 4.99 Å². The van der Waals surface area contributed by atoms with E-state index in [1.54, 1.807) is 13.1 Å². The lowest BCUT2D eigenvalue weighted by Gasteiger charge is -2.15. The summed E-state index contributed by atoms with van der Waals surface area (Å²) < 4.78 is 46.4. The zero-order valence-corrected chi connectivity index (χ0v) is 20.9. The standard InChI is InChI=1S/C23H29F2N3O4.HI/c1-26-23(27-10-5-6-11-29-12-9-17-7-3-2-4-8-17)28-15-18-13-20-21(31-16-30-20)14-19(18)32-22(24)25;/h2-4,7-8,13-14,22H,5-6,9-12,15-16H2,1H3,(H2,26,27,28);1H. The number of hydrogen-bond donors (Lipinski definition) is 2. The third kappa shape index (κ3) is 9.20. The van der Waals surface area contributed by atoms with Gasteiger partial charge in [-0.3, -0.25) is 4.99 Å². The molecule has 33 heavy (non-hydrogen) atoms. The highest BCUT2D eigenvalue weighted by atomic mass is 127. The van der Waals surface area contributed by atoms with Crippen LogP contribution in [0.5, 0.6) is 17.2 Å². The second-order valence-electron chi connectivity index (χ2n) is 7.10. The van der Waals surface area contributed by atoms with Gasteiger partial charge in [-0.25, -0.2) is 0 Å². The van der Waals surface area contributed by atoms with E-state index in [2.05, 4.69) is 32.5 Å². The molecular weight excluding hydrogens is 547 g/mol. The molecule has 0 fully saturated rings. The van der Waals surface area contributed by atoms with Gasteiger partial charge in [0.15, 0.2) is 17.5 Å². The number of aliphatic imine (C=N–C) groups is 1. The largest absolute Gasteiger partial charge is 0.454 e. The maximum absolute atomic E-state index is 12.8. The zero-order chi connectivity index (χ0) is 22.6. The van der Waals surface area contributed by atoms with E-state index in [0.29, 0.717) is 42.8 Å². The van der Waals surface area contributed by atoms with Crippen molar-refractivity contribution in [2.75, 3.05) is 33.6 Å². The van der Waals surface area contributed by atoms with Crippen molar-refractivity contribution in [3.05, 3.63) is 53.6 Å². The molecule has 0 radical (unpaired) electrons. The Hall–Kier alpha value is -2.34. The number of halogens is 3. The van der Waals surface area contributed by atoms with Crippen LogP contribution in [0, 0.1) is 0 Å². The number of hydrogen-bond acceptors (Lipinski definition) is 5. The molecule has 0 saturated carbocycles. The number of ether oxygens (including phenoxy) is 4. The molecule has 1 heterocycles. The van der Waals surface area contributed by atoms with Crippen LogP contribution >= 0.6 is 24.0 Å². The first-order chi connectivity index (χ1) is 15.7. The number of rotatable bonds is 12. The van der Waals surface area contributed by atoms with Gasteiger partial charge in [0.2, 0.25) is 6.79 Å². The minimum Gasteiger partial charge on any atom is -0.454 e. The molecule has 0 saturated heterocycles. The van der Waals surface area contributed by atoms with Crippen LogP contribution in [-0.2, 0) is 17.7 Å². The van der Waals surface area contributed by atoms with E-state index < -0.39 is 6.61 Å². The number of alkyl halides is 2. The van der Waals surface area contributed by atoms with E-state index in [4.69, 9.17) is 14.2 Å². The topological polar surface area (TPSA) is 73.3 Å². The molecule has 3 rings (SSSR count). The third-order valence-corrected chi connectivity index (χ3v) is 4.83. The van der Waals surface area contributed by atoms with Crippen LogP contribution in [0.3, 0.4) is 0 Å². The van der Waals surface area contributed by atoms with Crippen LogP contribution in [0.4, 0.5) is 8.78 Å². The van der Waals surface area contributed by atoms with Gasteiger partial charge in [0.05, 0.1) is 6.61 Å². The summed E-state index contributed by atoms with van der Waals surface area (Å²) in [5.41, 5.74) is 1.79. The molecule has 1 aliphatic heterocycles. The van der Waals surface area contributed by atoms with Crippen molar-refractivity contribution < 1.29 is 27.7 Å². The van der Waals surface area contributed by atoms with Crippen LogP contribution < -0.4 is 24.8 Å².